The van der Waals surface area contributed by atoms with E-state index in [9.17, 15) is 14.4 Å². The van der Waals surface area contributed by atoms with Gasteiger partial charge in [0.2, 0.25) is 0 Å². The molecule has 1 amide bonds. The Kier molecular flexibility index (Phi) is 7.66. The van der Waals surface area contributed by atoms with Gasteiger partial charge in [0, 0.05) is 5.69 Å². The van der Waals surface area contributed by atoms with Crippen molar-refractivity contribution in [3.05, 3.63) is 69.1 Å². The van der Waals surface area contributed by atoms with E-state index in [0.29, 0.717) is 6.54 Å². The van der Waals surface area contributed by atoms with Gasteiger partial charge in [-0.3, -0.25) is 9.59 Å². The molecule has 0 aliphatic heterocycles. The minimum absolute atomic E-state index is 0.0878. The number of fused-ring (bicyclic) bond motifs is 1. The molecule has 1 aliphatic carbocycles. The minimum Gasteiger partial charge on any atom is -0.467 e. The van der Waals surface area contributed by atoms with E-state index in [-0.39, 0.29) is 17.0 Å². The molecule has 1 unspecified atom stereocenters. The molecule has 6 nitrogen and oxygen atoms in total. The number of hydrogen-bond acceptors (Lipinski definition) is 4. The number of benzene rings is 1. The van der Waals surface area contributed by atoms with Gasteiger partial charge in [-0.05, 0) is 48.8 Å². The minimum atomic E-state index is -0.804. The summed E-state index contributed by atoms with van der Waals surface area (Å²) >= 11 is 0. The zero-order chi connectivity index (χ0) is 22.4. The van der Waals surface area contributed by atoms with E-state index in [1.54, 1.807) is 10.6 Å². The Morgan fingerprint density at radius 1 is 1.06 bits per heavy atom. The van der Waals surface area contributed by atoms with Gasteiger partial charge in [-0.15, -0.1) is 0 Å². The van der Waals surface area contributed by atoms with E-state index in [1.807, 2.05) is 44.2 Å². The number of aryl methyl sites for hydroxylation is 1. The number of pyridine rings is 1. The number of rotatable bonds is 6. The lowest BCUT2D eigenvalue weighted by atomic mass is 9.95. The largest absolute Gasteiger partial charge is 0.467 e. The number of carbonyl (C=O) groups excluding carboxylic acids is 2. The second kappa shape index (κ2) is 10.4. The van der Waals surface area contributed by atoms with Crippen LogP contribution in [0, 0.1) is 5.92 Å². The maximum absolute atomic E-state index is 13.5. The summed E-state index contributed by atoms with van der Waals surface area (Å²) < 4.78 is 6.58. The van der Waals surface area contributed by atoms with Crippen LogP contribution in [-0.4, -0.2) is 29.6 Å². The Balaban J connectivity index is 2.04. The average molecular weight is 425 g/mol. The van der Waals surface area contributed by atoms with Crippen LogP contribution in [0.15, 0.2) is 41.2 Å². The number of nitrogens with zero attached hydrogens (tertiary/aromatic N) is 1. The van der Waals surface area contributed by atoms with Crippen LogP contribution in [0.4, 0.5) is 0 Å². The predicted molar refractivity (Wildman–Crippen MR) is 120 cm³/mol. The molecule has 1 aliphatic rings. The van der Waals surface area contributed by atoms with E-state index in [4.69, 9.17) is 4.74 Å². The first-order valence-corrected chi connectivity index (χ1v) is 11.1. The molecule has 1 heterocycles. The molecule has 1 atom stereocenters. The lowest BCUT2D eigenvalue weighted by Crippen LogP contribution is -2.47. The summed E-state index contributed by atoms with van der Waals surface area (Å²) in [5.74, 6) is -1.20. The molecule has 1 aromatic heterocycles. The number of methoxy groups -OCH3 is 1. The Hall–Kier alpha value is -2.89. The molecule has 1 aromatic carbocycles. The Morgan fingerprint density at radius 2 is 1.74 bits per heavy atom. The highest BCUT2D eigenvalue weighted by atomic mass is 16.5. The third kappa shape index (κ3) is 5.43. The van der Waals surface area contributed by atoms with Gasteiger partial charge < -0.3 is 14.6 Å². The van der Waals surface area contributed by atoms with E-state index in [1.165, 1.54) is 7.11 Å². The summed E-state index contributed by atoms with van der Waals surface area (Å²) in [4.78, 5) is 38.7. The van der Waals surface area contributed by atoms with Crippen LogP contribution in [0.5, 0.6) is 0 Å². The molecular weight excluding hydrogens is 392 g/mol. The Bertz CT molecular complexity index is 979. The second-order valence-corrected chi connectivity index (χ2v) is 8.54. The lowest BCUT2D eigenvalue weighted by molar-refractivity contribution is -0.144. The topological polar surface area (TPSA) is 77.4 Å². The first-order chi connectivity index (χ1) is 14.9. The van der Waals surface area contributed by atoms with Gasteiger partial charge in [0.15, 0.2) is 0 Å². The van der Waals surface area contributed by atoms with Crippen LogP contribution < -0.4 is 10.9 Å². The van der Waals surface area contributed by atoms with E-state index >= 15 is 0 Å². The summed E-state index contributed by atoms with van der Waals surface area (Å²) in [6, 6.07) is 10.8. The predicted octanol–water partition coefficient (Wildman–Crippen LogP) is 3.48. The third-order valence-electron chi connectivity index (χ3n) is 5.94. The summed E-state index contributed by atoms with van der Waals surface area (Å²) in [5, 5.41) is 2.72. The number of esters is 1. The van der Waals surface area contributed by atoms with Gasteiger partial charge in [-0.25, -0.2) is 4.79 Å². The Morgan fingerprint density at radius 3 is 2.39 bits per heavy atom. The molecule has 0 radical (unpaired) electrons. The third-order valence-corrected chi connectivity index (χ3v) is 5.94. The van der Waals surface area contributed by atoms with Crippen molar-refractivity contribution in [2.45, 2.75) is 65.0 Å². The summed E-state index contributed by atoms with van der Waals surface area (Å²) in [7, 11) is 1.29. The molecule has 0 fully saturated rings. The fourth-order valence-corrected chi connectivity index (χ4v) is 4.17. The van der Waals surface area contributed by atoms with Crippen molar-refractivity contribution in [1.29, 1.82) is 0 Å². The molecule has 166 valence electrons. The number of aromatic nitrogens is 1. The van der Waals surface area contributed by atoms with Crippen molar-refractivity contribution in [3.63, 3.8) is 0 Å². The second-order valence-electron chi connectivity index (χ2n) is 8.54. The zero-order valence-electron chi connectivity index (χ0n) is 18.6. The van der Waals surface area contributed by atoms with E-state index in [2.05, 4.69) is 5.32 Å². The van der Waals surface area contributed by atoms with Crippen molar-refractivity contribution >= 4 is 11.9 Å². The number of carbonyl (C=O) groups is 2. The molecule has 0 spiro atoms. The quantitative estimate of drug-likeness (QED) is 0.720. The summed E-state index contributed by atoms with van der Waals surface area (Å²) in [6.45, 7) is 4.08. The number of ether oxygens (including phenoxy) is 1. The van der Waals surface area contributed by atoms with E-state index in [0.717, 1.165) is 55.3 Å². The first-order valence-electron chi connectivity index (χ1n) is 11.1. The number of hydrogen-bond donors (Lipinski definition) is 1. The number of nitrogens with one attached hydrogen (secondary N) is 1. The molecule has 1 N–H and O–H groups in total. The lowest BCUT2D eigenvalue weighted by Gasteiger charge is -2.23. The van der Waals surface area contributed by atoms with Crippen LogP contribution in [0.25, 0.3) is 0 Å². The fraction of sp³-hybridized carbons (Fsp3) is 0.480. The first kappa shape index (κ1) is 22.8. The molecular formula is C25H32N2O4. The van der Waals surface area contributed by atoms with Gasteiger partial charge in [0.1, 0.15) is 11.6 Å². The SMILES string of the molecule is COC(=O)C(NC(=O)c1cc2c(n(Cc3ccccc3)c1=O)CCCCCC2)C(C)C. The molecule has 3 rings (SSSR count). The summed E-state index contributed by atoms with van der Waals surface area (Å²) in [5.41, 5.74) is 2.87. The normalized spacial score (nSPS) is 14.8. The van der Waals surface area contributed by atoms with Crippen molar-refractivity contribution in [2.24, 2.45) is 5.92 Å². The highest BCUT2D eigenvalue weighted by Crippen LogP contribution is 2.21. The smallest absolute Gasteiger partial charge is 0.328 e. The van der Waals surface area contributed by atoms with Crippen LogP contribution in [0.1, 0.15) is 66.7 Å². The molecule has 6 heteroatoms. The van der Waals surface area contributed by atoms with Gasteiger partial charge in [0.05, 0.1) is 13.7 Å². The maximum atomic E-state index is 13.5. The molecule has 0 bridgehead atoms. The van der Waals surface area contributed by atoms with Gasteiger partial charge in [-0.1, -0.05) is 57.0 Å². The van der Waals surface area contributed by atoms with Crippen LogP contribution >= 0.6 is 0 Å². The standard InChI is InChI=1S/C25H32N2O4/c1-17(2)22(25(30)31-3)26-23(28)20-15-19-13-9-4-5-10-14-21(19)27(24(20)29)16-18-11-7-6-8-12-18/h6-8,11-12,15,17,22H,4-5,9-10,13-14,16H2,1-3H3,(H,26,28). The highest BCUT2D eigenvalue weighted by Gasteiger charge is 2.28. The monoisotopic (exact) mass is 424 g/mol. The average Bonchev–Trinajstić information content (AvgIpc) is 2.74. The molecule has 0 saturated heterocycles. The van der Waals surface area contributed by atoms with Gasteiger partial charge in [0.25, 0.3) is 11.5 Å². The zero-order valence-corrected chi connectivity index (χ0v) is 18.6. The fourth-order valence-electron chi connectivity index (χ4n) is 4.17. The van der Waals surface area contributed by atoms with Gasteiger partial charge in [-0.2, -0.15) is 0 Å². The Labute approximate surface area is 183 Å². The van der Waals surface area contributed by atoms with Crippen LogP contribution in [-0.2, 0) is 28.9 Å². The molecule has 31 heavy (non-hydrogen) atoms. The molecule has 2 aromatic rings. The van der Waals surface area contributed by atoms with Crippen LogP contribution in [0.2, 0.25) is 0 Å². The summed E-state index contributed by atoms with van der Waals surface area (Å²) in [6.07, 6.45) is 6.04. The van der Waals surface area contributed by atoms with Gasteiger partial charge >= 0.3 is 5.97 Å². The number of amides is 1. The van der Waals surface area contributed by atoms with Crippen molar-refractivity contribution in [3.8, 4) is 0 Å². The van der Waals surface area contributed by atoms with Crippen molar-refractivity contribution < 1.29 is 14.3 Å². The van der Waals surface area contributed by atoms with E-state index < -0.39 is 17.9 Å². The maximum Gasteiger partial charge on any atom is 0.328 e. The molecule has 0 saturated carbocycles. The van der Waals surface area contributed by atoms with Crippen LogP contribution in [0.3, 0.4) is 0 Å². The highest BCUT2D eigenvalue weighted by molar-refractivity contribution is 5.96. The van der Waals surface area contributed by atoms with Crippen molar-refractivity contribution in [1.82, 2.24) is 9.88 Å². The van der Waals surface area contributed by atoms with Crippen molar-refractivity contribution in [2.75, 3.05) is 7.11 Å².